The maximum atomic E-state index is 11.7. The lowest BCUT2D eigenvalue weighted by atomic mass is 9.91. The summed E-state index contributed by atoms with van der Waals surface area (Å²) in [6, 6.07) is 0.0542. The summed E-state index contributed by atoms with van der Waals surface area (Å²) in [5.41, 5.74) is 6.04. The van der Waals surface area contributed by atoms with E-state index in [2.05, 4.69) is 10.6 Å². The Bertz CT molecular complexity index is 308. The molecule has 5 nitrogen and oxygen atoms in total. The first-order valence-electron chi connectivity index (χ1n) is 6.45. The van der Waals surface area contributed by atoms with Crippen LogP contribution in [0, 0.1) is 0 Å². The molecule has 1 rings (SSSR count). The van der Waals surface area contributed by atoms with Crippen LogP contribution in [0.4, 0.5) is 0 Å². The number of likely N-dealkylation sites (N-methyl/N-ethyl adjacent to an activating group) is 1. The van der Waals surface area contributed by atoms with E-state index in [1.807, 2.05) is 0 Å². The van der Waals surface area contributed by atoms with Gasteiger partial charge in [-0.15, -0.1) is 0 Å². The molecule has 1 aliphatic rings. The van der Waals surface area contributed by atoms with Crippen LogP contribution in [0.15, 0.2) is 0 Å². The molecule has 0 aromatic carbocycles. The summed E-state index contributed by atoms with van der Waals surface area (Å²) >= 11 is 5.22. The Morgan fingerprint density at radius 1 is 1.39 bits per heavy atom. The van der Waals surface area contributed by atoms with Gasteiger partial charge in [-0.25, -0.2) is 0 Å². The molecule has 18 heavy (non-hydrogen) atoms. The number of amides is 1. The molecule has 1 amide bonds. The minimum Gasteiger partial charge on any atom is -0.358 e. The highest BCUT2D eigenvalue weighted by atomic mass is 32.1. The normalized spacial score (nSPS) is 25.1. The van der Waals surface area contributed by atoms with Crippen molar-refractivity contribution in [3.63, 3.8) is 0 Å². The summed E-state index contributed by atoms with van der Waals surface area (Å²) in [7, 11) is 3.46. The summed E-state index contributed by atoms with van der Waals surface area (Å²) in [6.07, 6.45) is 4.45. The number of rotatable bonds is 3. The van der Waals surface area contributed by atoms with Gasteiger partial charge in [0.2, 0.25) is 5.91 Å². The summed E-state index contributed by atoms with van der Waals surface area (Å²) in [6.45, 7) is 1.80. The van der Waals surface area contributed by atoms with Crippen molar-refractivity contribution in [1.82, 2.24) is 15.5 Å². The molecule has 6 heteroatoms. The summed E-state index contributed by atoms with van der Waals surface area (Å²) in [5, 5.41) is 6.73. The lowest BCUT2D eigenvalue weighted by molar-refractivity contribution is -0.130. The Morgan fingerprint density at radius 2 is 2.00 bits per heavy atom. The minimum absolute atomic E-state index is 0.00657. The van der Waals surface area contributed by atoms with Crippen LogP contribution in [0.3, 0.4) is 0 Å². The number of nitrogens with zero attached hydrogens (tertiary/aromatic N) is 1. The summed E-state index contributed by atoms with van der Waals surface area (Å²) < 4.78 is 0. The number of nitrogens with one attached hydrogen (secondary N) is 2. The zero-order valence-corrected chi connectivity index (χ0v) is 12.2. The molecule has 0 heterocycles. The molecule has 0 bridgehead atoms. The van der Waals surface area contributed by atoms with E-state index in [9.17, 15) is 4.79 Å². The summed E-state index contributed by atoms with van der Waals surface area (Å²) in [4.78, 5) is 13.2. The number of carbonyl (C=O) groups is 1. The van der Waals surface area contributed by atoms with Crippen LogP contribution in [0.2, 0.25) is 0 Å². The van der Waals surface area contributed by atoms with Crippen molar-refractivity contribution in [3.8, 4) is 0 Å². The number of thiocarbonyl (C=S) groups is 1. The third-order valence-corrected chi connectivity index (χ3v) is 3.53. The van der Waals surface area contributed by atoms with Crippen LogP contribution in [0.5, 0.6) is 0 Å². The molecule has 4 N–H and O–H groups in total. The van der Waals surface area contributed by atoms with E-state index in [0.717, 1.165) is 12.8 Å². The van der Waals surface area contributed by atoms with Gasteiger partial charge in [0.15, 0.2) is 5.11 Å². The maximum absolute atomic E-state index is 11.7. The van der Waals surface area contributed by atoms with Gasteiger partial charge >= 0.3 is 0 Å². The van der Waals surface area contributed by atoms with Gasteiger partial charge in [0.05, 0.1) is 0 Å². The second-order valence-electron chi connectivity index (χ2n) is 5.13. The average molecular weight is 272 g/mol. The van der Waals surface area contributed by atoms with Crippen molar-refractivity contribution >= 4 is 23.2 Å². The second kappa shape index (κ2) is 6.89. The number of nitrogens with two attached hydrogens (primary N) is 1. The minimum atomic E-state index is -0.320. The zero-order chi connectivity index (χ0) is 13.7. The van der Waals surface area contributed by atoms with Gasteiger partial charge in [-0.2, -0.15) is 0 Å². The van der Waals surface area contributed by atoms with Crippen molar-refractivity contribution in [2.45, 2.75) is 50.7 Å². The van der Waals surface area contributed by atoms with Gasteiger partial charge in [-0.05, 0) is 32.0 Å². The lowest BCUT2D eigenvalue weighted by Gasteiger charge is -2.31. The van der Waals surface area contributed by atoms with Gasteiger partial charge in [-0.3, -0.25) is 4.79 Å². The zero-order valence-electron chi connectivity index (χ0n) is 11.4. The number of carbonyl (C=O) groups excluding carboxylic acids is 1. The van der Waals surface area contributed by atoms with Crippen molar-refractivity contribution < 1.29 is 4.79 Å². The van der Waals surface area contributed by atoms with Crippen LogP contribution < -0.4 is 16.4 Å². The molecular formula is C12H24N4OS. The molecule has 104 valence electrons. The SMILES string of the molecule is CC(NC(=S)NC1CCCCC1N)C(=O)N(C)C. The molecular weight excluding hydrogens is 248 g/mol. The van der Waals surface area contributed by atoms with E-state index in [4.69, 9.17) is 18.0 Å². The van der Waals surface area contributed by atoms with E-state index < -0.39 is 0 Å². The molecule has 0 aromatic rings. The Kier molecular flexibility index (Phi) is 5.81. The Morgan fingerprint density at radius 3 is 2.56 bits per heavy atom. The van der Waals surface area contributed by atoms with E-state index in [-0.39, 0.29) is 24.0 Å². The van der Waals surface area contributed by atoms with Gasteiger partial charge in [-0.1, -0.05) is 12.8 Å². The predicted octanol–water partition coefficient (Wildman–Crippen LogP) is 0.197. The van der Waals surface area contributed by atoms with Crippen molar-refractivity contribution in [1.29, 1.82) is 0 Å². The largest absolute Gasteiger partial charge is 0.358 e. The smallest absolute Gasteiger partial charge is 0.244 e. The average Bonchev–Trinajstić information content (AvgIpc) is 2.30. The van der Waals surface area contributed by atoms with Crippen LogP contribution in [-0.4, -0.2) is 48.1 Å². The lowest BCUT2D eigenvalue weighted by Crippen LogP contribution is -2.55. The van der Waals surface area contributed by atoms with E-state index in [0.29, 0.717) is 5.11 Å². The molecule has 1 saturated carbocycles. The van der Waals surface area contributed by atoms with Crippen molar-refractivity contribution in [3.05, 3.63) is 0 Å². The highest BCUT2D eigenvalue weighted by Crippen LogP contribution is 2.16. The van der Waals surface area contributed by atoms with Crippen LogP contribution in [0.1, 0.15) is 32.6 Å². The van der Waals surface area contributed by atoms with Gasteiger partial charge < -0.3 is 21.3 Å². The maximum Gasteiger partial charge on any atom is 0.244 e. The van der Waals surface area contributed by atoms with Gasteiger partial charge in [0.25, 0.3) is 0 Å². The van der Waals surface area contributed by atoms with E-state index in [1.54, 1.807) is 25.9 Å². The Labute approximate surface area is 114 Å². The first kappa shape index (κ1) is 15.2. The highest BCUT2D eigenvalue weighted by Gasteiger charge is 2.23. The molecule has 0 radical (unpaired) electrons. The number of hydrogen-bond donors (Lipinski definition) is 3. The molecule has 1 aliphatic carbocycles. The second-order valence-corrected chi connectivity index (χ2v) is 5.54. The highest BCUT2D eigenvalue weighted by molar-refractivity contribution is 7.80. The standard InChI is InChI=1S/C12H24N4OS/c1-8(11(17)16(2)3)14-12(18)15-10-7-5-4-6-9(10)13/h8-10H,4-7,13H2,1-3H3,(H2,14,15,18). The third-order valence-electron chi connectivity index (χ3n) is 3.29. The molecule has 0 spiro atoms. The Hall–Kier alpha value is -0.880. The van der Waals surface area contributed by atoms with Crippen LogP contribution in [0.25, 0.3) is 0 Å². The predicted molar refractivity (Wildman–Crippen MR) is 77.3 cm³/mol. The molecule has 1 fully saturated rings. The monoisotopic (exact) mass is 272 g/mol. The quantitative estimate of drug-likeness (QED) is 0.640. The van der Waals surface area contributed by atoms with E-state index in [1.165, 1.54) is 12.8 Å². The fraction of sp³-hybridized carbons (Fsp3) is 0.833. The molecule has 0 saturated heterocycles. The molecule has 3 unspecified atom stereocenters. The first-order valence-corrected chi connectivity index (χ1v) is 6.86. The van der Waals surface area contributed by atoms with Crippen molar-refractivity contribution in [2.24, 2.45) is 5.73 Å². The molecule has 3 atom stereocenters. The first-order chi connectivity index (χ1) is 8.41. The van der Waals surface area contributed by atoms with Gasteiger partial charge in [0.1, 0.15) is 6.04 Å². The van der Waals surface area contributed by atoms with Crippen LogP contribution in [-0.2, 0) is 4.79 Å². The van der Waals surface area contributed by atoms with Gasteiger partial charge in [0, 0.05) is 26.2 Å². The molecule has 0 aliphatic heterocycles. The Balaban J connectivity index is 2.39. The van der Waals surface area contributed by atoms with E-state index >= 15 is 0 Å². The fourth-order valence-electron chi connectivity index (χ4n) is 2.19. The summed E-state index contributed by atoms with van der Waals surface area (Å²) in [5.74, 6) is 0.00657. The topological polar surface area (TPSA) is 70.4 Å². The third kappa shape index (κ3) is 4.42. The fourth-order valence-corrected chi connectivity index (χ4v) is 2.52. The van der Waals surface area contributed by atoms with Crippen molar-refractivity contribution in [2.75, 3.05) is 14.1 Å². The number of hydrogen-bond acceptors (Lipinski definition) is 3. The molecule has 0 aromatic heterocycles. The van der Waals surface area contributed by atoms with Crippen LogP contribution >= 0.6 is 12.2 Å².